The molecule has 0 aromatic rings. The molecule has 0 saturated carbocycles. The van der Waals surface area contributed by atoms with E-state index in [0.29, 0.717) is 12.8 Å². The molecule has 2 aliphatic rings. The lowest BCUT2D eigenvalue weighted by molar-refractivity contribution is -0.387. The first-order valence-corrected chi connectivity index (χ1v) is 16.0. The van der Waals surface area contributed by atoms with Gasteiger partial charge in [0.2, 0.25) is 5.79 Å². The highest BCUT2D eigenvalue weighted by Crippen LogP contribution is 2.36. The van der Waals surface area contributed by atoms with Crippen LogP contribution in [-0.2, 0) is 14.2 Å². The first-order chi connectivity index (χ1) is 19.7. The third-order valence-corrected chi connectivity index (χ3v) is 8.56. The van der Waals surface area contributed by atoms with Crippen LogP contribution in [0.25, 0.3) is 0 Å². The third kappa shape index (κ3) is 11.2. The molecule has 10 atom stereocenters. The molecule has 0 aromatic heterocycles. The number of hydrogen-bond acceptors (Lipinski definition) is 11. The summed E-state index contributed by atoms with van der Waals surface area (Å²) in [6, 6.07) is 0. The van der Waals surface area contributed by atoms with Crippen LogP contribution >= 0.6 is 0 Å². The molecule has 2 saturated heterocycles. The van der Waals surface area contributed by atoms with Crippen molar-refractivity contribution in [1.29, 1.82) is 0 Å². The number of unbranched alkanes of at least 4 members (excludes halogenated alkanes) is 15. The van der Waals surface area contributed by atoms with Crippen molar-refractivity contribution in [3.63, 3.8) is 0 Å². The zero-order chi connectivity index (χ0) is 30.3. The summed E-state index contributed by atoms with van der Waals surface area (Å²) in [7, 11) is 0. The number of ether oxygens (including phenoxy) is 3. The number of aliphatic hydroxyl groups excluding tert-OH is 8. The molecule has 0 bridgehead atoms. The zero-order valence-corrected chi connectivity index (χ0v) is 24.9. The SMILES string of the molecule is CCCCCCCCCCCCCCCCCCC(O)[C@H]1O[C@H](O[C@]2(CO)O[C@H](CO)[C@@H](O)[C@@H]2O)[C@H](O)[C@@H](O)[C@@H]1O. The highest BCUT2D eigenvalue weighted by atomic mass is 16.8. The van der Waals surface area contributed by atoms with E-state index in [0.717, 1.165) is 19.3 Å². The van der Waals surface area contributed by atoms with Crippen LogP contribution in [0.15, 0.2) is 0 Å². The van der Waals surface area contributed by atoms with Crippen LogP contribution in [-0.4, -0.2) is 115 Å². The summed E-state index contributed by atoms with van der Waals surface area (Å²) in [4.78, 5) is 0. The van der Waals surface area contributed by atoms with Crippen LogP contribution < -0.4 is 0 Å². The topological polar surface area (TPSA) is 190 Å². The Morgan fingerprint density at radius 1 is 0.659 bits per heavy atom. The van der Waals surface area contributed by atoms with Gasteiger partial charge < -0.3 is 55.1 Å². The second kappa shape index (κ2) is 19.8. The summed E-state index contributed by atoms with van der Waals surface area (Å²) in [5, 5.41) is 81.5. The predicted octanol–water partition coefficient (Wildman–Crippen LogP) is 1.62. The van der Waals surface area contributed by atoms with Crippen LogP contribution in [0.4, 0.5) is 0 Å². The molecule has 0 aliphatic carbocycles. The Morgan fingerprint density at radius 2 is 1.15 bits per heavy atom. The van der Waals surface area contributed by atoms with Gasteiger partial charge in [-0.05, 0) is 6.42 Å². The Balaban J connectivity index is 1.64. The summed E-state index contributed by atoms with van der Waals surface area (Å²) in [6.07, 6.45) is 5.95. The van der Waals surface area contributed by atoms with E-state index < -0.39 is 74.1 Å². The van der Waals surface area contributed by atoms with Crippen molar-refractivity contribution in [3.8, 4) is 0 Å². The van der Waals surface area contributed by atoms with Crippen molar-refractivity contribution < 1.29 is 55.1 Å². The molecular formula is C30H58O11. The molecule has 8 N–H and O–H groups in total. The average molecular weight is 595 g/mol. The minimum Gasteiger partial charge on any atom is -0.394 e. The summed E-state index contributed by atoms with van der Waals surface area (Å²) >= 11 is 0. The zero-order valence-electron chi connectivity index (χ0n) is 24.9. The Labute approximate surface area is 245 Å². The molecule has 0 spiro atoms. The van der Waals surface area contributed by atoms with Crippen molar-refractivity contribution in [2.45, 2.75) is 177 Å². The van der Waals surface area contributed by atoms with Gasteiger partial charge in [-0.25, -0.2) is 0 Å². The van der Waals surface area contributed by atoms with Crippen LogP contribution in [0.1, 0.15) is 116 Å². The molecule has 244 valence electrons. The van der Waals surface area contributed by atoms with Gasteiger partial charge in [-0.2, -0.15) is 0 Å². The maximum absolute atomic E-state index is 10.7. The number of hydrogen-bond donors (Lipinski definition) is 8. The van der Waals surface area contributed by atoms with Gasteiger partial charge in [-0.15, -0.1) is 0 Å². The molecule has 2 heterocycles. The van der Waals surface area contributed by atoms with E-state index in [1.54, 1.807) is 0 Å². The van der Waals surface area contributed by atoms with E-state index in [-0.39, 0.29) is 0 Å². The van der Waals surface area contributed by atoms with Gasteiger partial charge in [0.25, 0.3) is 0 Å². The fourth-order valence-electron chi connectivity index (χ4n) is 5.82. The Bertz CT molecular complexity index is 670. The fourth-order valence-corrected chi connectivity index (χ4v) is 5.82. The van der Waals surface area contributed by atoms with E-state index in [2.05, 4.69) is 6.92 Å². The van der Waals surface area contributed by atoms with Crippen LogP contribution in [0.3, 0.4) is 0 Å². The van der Waals surface area contributed by atoms with Crippen molar-refractivity contribution in [2.75, 3.05) is 13.2 Å². The van der Waals surface area contributed by atoms with Gasteiger partial charge in [-0.1, -0.05) is 110 Å². The first-order valence-electron chi connectivity index (χ1n) is 16.0. The molecule has 0 aromatic carbocycles. The van der Waals surface area contributed by atoms with Crippen molar-refractivity contribution >= 4 is 0 Å². The lowest BCUT2D eigenvalue weighted by Crippen LogP contribution is -2.64. The Kier molecular flexibility index (Phi) is 17.7. The summed E-state index contributed by atoms with van der Waals surface area (Å²) < 4.78 is 16.4. The van der Waals surface area contributed by atoms with Gasteiger partial charge in [0, 0.05) is 0 Å². The predicted molar refractivity (Wildman–Crippen MR) is 152 cm³/mol. The number of aliphatic hydroxyl groups is 8. The van der Waals surface area contributed by atoms with Crippen LogP contribution in [0.2, 0.25) is 0 Å². The highest BCUT2D eigenvalue weighted by Gasteiger charge is 2.58. The van der Waals surface area contributed by atoms with Crippen LogP contribution in [0.5, 0.6) is 0 Å². The molecule has 2 aliphatic heterocycles. The Hall–Kier alpha value is -0.440. The van der Waals surface area contributed by atoms with Crippen molar-refractivity contribution in [2.24, 2.45) is 0 Å². The standard InChI is InChI=1S/C30H58O11/c1-2-3-4-5-6-7-8-9-10-11-12-13-14-15-16-17-18-21(33)27-25(36)24(35)26(37)29(39-27)41-30(20-32)28(38)23(34)22(19-31)40-30/h21-29,31-38H,2-20H2,1H3/t21?,22-,23-,24+,25+,26-,27-,28+,29-,30+/m1/s1. The minimum absolute atomic E-state index is 0.297. The van der Waals surface area contributed by atoms with E-state index in [9.17, 15) is 40.9 Å². The summed E-state index contributed by atoms with van der Waals surface area (Å²) in [5.74, 6) is -2.25. The number of rotatable bonds is 22. The maximum atomic E-state index is 10.7. The van der Waals surface area contributed by atoms with Gasteiger partial charge in [-0.3, -0.25) is 0 Å². The molecule has 11 heteroatoms. The van der Waals surface area contributed by atoms with Crippen molar-refractivity contribution in [3.05, 3.63) is 0 Å². The Morgan fingerprint density at radius 3 is 1.59 bits per heavy atom. The van der Waals surface area contributed by atoms with Gasteiger partial charge in [0.15, 0.2) is 6.29 Å². The summed E-state index contributed by atoms with van der Waals surface area (Å²) in [6.45, 7) is 0.620. The van der Waals surface area contributed by atoms with E-state index in [4.69, 9.17) is 14.2 Å². The van der Waals surface area contributed by atoms with Crippen LogP contribution in [0, 0.1) is 0 Å². The second-order valence-corrected chi connectivity index (χ2v) is 12.0. The molecule has 1 unspecified atom stereocenters. The molecule has 11 nitrogen and oxygen atoms in total. The molecule has 41 heavy (non-hydrogen) atoms. The maximum Gasteiger partial charge on any atom is 0.224 e. The third-order valence-electron chi connectivity index (χ3n) is 8.56. The molecule has 0 amide bonds. The van der Waals surface area contributed by atoms with E-state index in [1.807, 2.05) is 0 Å². The van der Waals surface area contributed by atoms with Gasteiger partial charge in [0.05, 0.1) is 12.7 Å². The molecule has 2 fully saturated rings. The lowest BCUT2D eigenvalue weighted by atomic mass is 9.92. The molecule has 2 rings (SSSR count). The first kappa shape index (κ1) is 36.8. The molecular weight excluding hydrogens is 536 g/mol. The fraction of sp³-hybridized carbons (Fsp3) is 1.00. The lowest BCUT2D eigenvalue weighted by Gasteiger charge is -2.44. The monoisotopic (exact) mass is 594 g/mol. The van der Waals surface area contributed by atoms with Crippen molar-refractivity contribution in [1.82, 2.24) is 0 Å². The van der Waals surface area contributed by atoms with E-state index >= 15 is 0 Å². The second-order valence-electron chi connectivity index (χ2n) is 12.0. The minimum atomic E-state index is -2.25. The molecule has 0 radical (unpaired) electrons. The largest absolute Gasteiger partial charge is 0.394 e. The normalized spacial score (nSPS) is 34.8. The van der Waals surface area contributed by atoms with E-state index in [1.165, 1.54) is 77.0 Å². The summed E-state index contributed by atoms with van der Waals surface area (Å²) in [5.41, 5.74) is 0. The smallest absolute Gasteiger partial charge is 0.224 e. The quantitative estimate of drug-likeness (QED) is 0.0851. The average Bonchev–Trinajstić information content (AvgIpc) is 3.21. The van der Waals surface area contributed by atoms with Gasteiger partial charge >= 0.3 is 0 Å². The van der Waals surface area contributed by atoms with Gasteiger partial charge in [0.1, 0.15) is 49.3 Å². The highest BCUT2D eigenvalue weighted by molar-refractivity contribution is 4.99.